The molecule has 0 saturated heterocycles. The Bertz CT molecular complexity index is 279. The Morgan fingerprint density at radius 1 is 1.37 bits per heavy atom. The van der Waals surface area contributed by atoms with E-state index in [1.807, 2.05) is 0 Å². The highest BCUT2D eigenvalue weighted by atomic mass is 16.5. The first kappa shape index (κ1) is 16.4. The summed E-state index contributed by atoms with van der Waals surface area (Å²) in [6, 6.07) is 0. The zero-order valence-electron chi connectivity index (χ0n) is 12.6. The Kier molecular flexibility index (Phi) is 6.80. The van der Waals surface area contributed by atoms with Crippen LogP contribution in [-0.2, 0) is 9.53 Å². The molecule has 1 amide bonds. The van der Waals surface area contributed by atoms with E-state index >= 15 is 0 Å². The number of amides is 1. The summed E-state index contributed by atoms with van der Waals surface area (Å²) in [6.07, 6.45) is 4.02. The van der Waals surface area contributed by atoms with Gasteiger partial charge in [0.15, 0.2) is 0 Å². The predicted molar refractivity (Wildman–Crippen MR) is 75.8 cm³/mol. The summed E-state index contributed by atoms with van der Waals surface area (Å²) in [4.78, 5) is 12.1. The van der Waals surface area contributed by atoms with E-state index < -0.39 is 0 Å². The van der Waals surface area contributed by atoms with Crippen LogP contribution < -0.4 is 5.32 Å². The van der Waals surface area contributed by atoms with Crippen LogP contribution in [0.5, 0.6) is 0 Å². The third-order valence-corrected chi connectivity index (χ3v) is 3.76. The number of carbonyl (C=O) groups is 1. The summed E-state index contributed by atoms with van der Waals surface area (Å²) >= 11 is 0. The lowest BCUT2D eigenvalue weighted by Crippen LogP contribution is -2.38. The molecule has 0 bridgehead atoms. The highest BCUT2D eigenvalue weighted by Crippen LogP contribution is 2.41. The lowest BCUT2D eigenvalue weighted by Gasteiger charge is -2.38. The first-order valence-electron chi connectivity index (χ1n) is 7.41. The van der Waals surface area contributed by atoms with Gasteiger partial charge >= 0.3 is 0 Å². The van der Waals surface area contributed by atoms with Crippen molar-refractivity contribution < 1.29 is 14.6 Å². The Morgan fingerprint density at radius 2 is 2.11 bits per heavy atom. The minimum absolute atomic E-state index is 0.0569. The number of aliphatic hydroxyl groups excluding tert-OH is 1. The van der Waals surface area contributed by atoms with Gasteiger partial charge in [0.25, 0.3) is 0 Å². The van der Waals surface area contributed by atoms with E-state index in [9.17, 15) is 4.79 Å². The Morgan fingerprint density at radius 3 is 2.74 bits per heavy atom. The van der Waals surface area contributed by atoms with Crippen molar-refractivity contribution in [3.8, 4) is 0 Å². The number of hydrogen-bond donors (Lipinski definition) is 2. The van der Waals surface area contributed by atoms with Gasteiger partial charge < -0.3 is 15.2 Å². The Labute approximate surface area is 116 Å². The van der Waals surface area contributed by atoms with Crippen molar-refractivity contribution in [1.29, 1.82) is 0 Å². The molecule has 112 valence electrons. The smallest absolute Gasteiger partial charge is 0.223 e. The van der Waals surface area contributed by atoms with E-state index in [1.165, 1.54) is 6.42 Å². The summed E-state index contributed by atoms with van der Waals surface area (Å²) < 4.78 is 5.16. The van der Waals surface area contributed by atoms with Gasteiger partial charge in [-0.05, 0) is 37.0 Å². The number of aliphatic hydroxyl groups is 1. The van der Waals surface area contributed by atoms with Crippen LogP contribution in [0.1, 0.15) is 46.5 Å². The fourth-order valence-corrected chi connectivity index (χ4v) is 3.24. The highest BCUT2D eigenvalue weighted by molar-refractivity contribution is 5.78. The molecule has 1 saturated carbocycles. The number of rotatable bonds is 7. The van der Waals surface area contributed by atoms with Crippen LogP contribution in [0, 0.1) is 17.3 Å². The lowest BCUT2D eigenvalue weighted by molar-refractivity contribution is -0.128. The molecular weight excluding hydrogens is 242 g/mol. The van der Waals surface area contributed by atoms with E-state index in [4.69, 9.17) is 9.84 Å². The molecule has 0 aliphatic heterocycles. The van der Waals surface area contributed by atoms with Crippen molar-refractivity contribution in [2.75, 3.05) is 26.4 Å². The van der Waals surface area contributed by atoms with E-state index in [2.05, 4.69) is 26.1 Å². The van der Waals surface area contributed by atoms with E-state index in [0.717, 1.165) is 19.3 Å². The maximum Gasteiger partial charge on any atom is 0.223 e. The maximum absolute atomic E-state index is 12.1. The summed E-state index contributed by atoms with van der Waals surface area (Å²) in [5.41, 5.74) is 0.282. The van der Waals surface area contributed by atoms with Gasteiger partial charge in [-0.3, -0.25) is 4.79 Å². The number of nitrogens with one attached hydrogen (secondary N) is 1. The van der Waals surface area contributed by atoms with Crippen LogP contribution in [0.3, 0.4) is 0 Å². The minimum Gasteiger partial charge on any atom is -0.394 e. The molecule has 0 aromatic heterocycles. The Hall–Kier alpha value is -0.610. The predicted octanol–water partition coefficient (Wildman–Crippen LogP) is 1.96. The van der Waals surface area contributed by atoms with Crippen molar-refractivity contribution in [2.24, 2.45) is 17.3 Å². The minimum atomic E-state index is 0.0569. The van der Waals surface area contributed by atoms with Crippen LogP contribution in [0.4, 0.5) is 0 Å². The number of carbonyl (C=O) groups excluding carboxylic acids is 1. The molecule has 0 radical (unpaired) electrons. The van der Waals surface area contributed by atoms with Gasteiger partial charge in [-0.15, -0.1) is 0 Å². The van der Waals surface area contributed by atoms with Crippen LogP contribution >= 0.6 is 0 Å². The second-order valence-corrected chi connectivity index (χ2v) is 6.59. The molecule has 2 N–H and O–H groups in total. The monoisotopic (exact) mass is 271 g/mol. The van der Waals surface area contributed by atoms with Crippen molar-refractivity contribution in [2.45, 2.75) is 46.5 Å². The molecule has 1 aliphatic carbocycles. The number of ether oxygens (including phenoxy) is 1. The van der Waals surface area contributed by atoms with Crippen LogP contribution in [0.25, 0.3) is 0 Å². The molecule has 0 aromatic carbocycles. The summed E-state index contributed by atoms with van der Waals surface area (Å²) in [7, 11) is 0. The fraction of sp³-hybridized carbons (Fsp3) is 0.933. The van der Waals surface area contributed by atoms with Gasteiger partial charge in [-0.2, -0.15) is 0 Å². The van der Waals surface area contributed by atoms with Crippen molar-refractivity contribution in [3.05, 3.63) is 0 Å². The summed E-state index contributed by atoms with van der Waals surface area (Å²) in [5, 5.41) is 11.6. The first-order chi connectivity index (χ1) is 8.94. The molecule has 2 atom stereocenters. The third kappa shape index (κ3) is 6.39. The molecule has 2 unspecified atom stereocenters. The number of hydrogen-bond acceptors (Lipinski definition) is 3. The molecule has 19 heavy (non-hydrogen) atoms. The van der Waals surface area contributed by atoms with Gasteiger partial charge in [0, 0.05) is 19.1 Å². The molecule has 1 fully saturated rings. The van der Waals surface area contributed by atoms with Gasteiger partial charge in [-0.1, -0.05) is 20.8 Å². The molecule has 0 heterocycles. The molecule has 0 spiro atoms. The molecule has 1 aliphatic rings. The van der Waals surface area contributed by atoms with Crippen molar-refractivity contribution in [3.63, 3.8) is 0 Å². The summed E-state index contributed by atoms with van der Waals surface area (Å²) in [6.45, 7) is 8.44. The second-order valence-electron chi connectivity index (χ2n) is 6.59. The van der Waals surface area contributed by atoms with Gasteiger partial charge in [-0.25, -0.2) is 0 Å². The van der Waals surface area contributed by atoms with Gasteiger partial charge in [0.2, 0.25) is 5.91 Å². The normalized spacial score (nSPS) is 26.1. The second kappa shape index (κ2) is 7.85. The third-order valence-electron chi connectivity index (χ3n) is 3.76. The van der Waals surface area contributed by atoms with Crippen LogP contribution in [0.15, 0.2) is 0 Å². The standard InChI is InChI=1S/C15H29NO3/c1-12-9-13(11-15(2,3)10-12)14(18)16-5-4-7-19-8-6-17/h12-13,17H,4-11H2,1-3H3,(H,16,18). The average molecular weight is 271 g/mol. The van der Waals surface area contributed by atoms with Crippen LogP contribution in [-0.4, -0.2) is 37.4 Å². The molecule has 4 heteroatoms. The van der Waals surface area contributed by atoms with E-state index in [1.54, 1.807) is 0 Å². The molecular formula is C15H29NO3. The zero-order valence-corrected chi connectivity index (χ0v) is 12.6. The van der Waals surface area contributed by atoms with Crippen LogP contribution in [0.2, 0.25) is 0 Å². The van der Waals surface area contributed by atoms with Crippen molar-refractivity contribution in [1.82, 2.24) is 5.32 Å². The topological polar surface area (TPSA) is 58.6 Å². The molecule has 1 rings (SSSR count). The fourth-order valence-electron chi connectivity index (χ4n) is 3.24. The lowest BCUT2D eigenvalue weighted by atomic mass is 9.68. The van der Waals surface area contributed by atoms with E-state index in [-0.39, 0.29) is 23.8 Å². The van der Waals surface area contributed by atoms with Crippen molar-refractivity contribution >= 4 is 5.91 Å². The van der Waals surface area contributed by atoms with Gasteiger partial charge in [0.1, 0.15) is 0 Å². The largest absolute Gasteiger partial charge is 0.394 e. The molecule has 0 aromatic rings. The molecule has 4 nitrogen and oxygen atoms in total. The summed E-state index contributed by atoms with van der Waals surface area (Å²) in [5.74, 6) is 0.992. The Balaban J connectivity index is 2.22. The first-order valence-corrected chi connectivity index (χ1v) is 7.41. The SMILES string of the molecule is CC1CC(C(=O)NCCCOCCO)CC(C)(C)C1. The quantitative estimate of drug-likeness (QED) is 0.696. The maximum atomic E-state index is 12.1. The zero-order chi connectivity index (χ0) is 14.3. The average Bonchev–Trinajstić information content (AvgIpc) is 2.30. The highest BCUT2D eigenvalue weighted by Gasteiger charge is 2.35. The van der Waals surface area contributed by atoms with Gasteiger partial charge in [0.05, 0.1) is 13.2 Å². The van der Waals surface area contributed by atoms with E-state index in [0.29, 0.717) is 25.7 Å².